The summed E-state index contributed by atoms with van der Waals surface area (Å²) in [6, 6.07) is 12.3. The molecule has 3 aliphatic heterocycles. The van der Waals surface area contributed by atoms with Crippen LogP contribution in [0.2, 0.25) is 0 Å². The van der Waals surface area contributed by atoms with E-state index in [0.717, 1.165) is 29.5 Å². The van der Waals surface area contributed by atoms with Crippen LogP contribution in [0.3, 0.4) is 0 Å². The smallest absolute Gasteiger partial charge is 0.397 e. The van der Waals surface area contributed by atoms with E-state index in [0.29, 0.717) is 24.7 Å². The average molecular weight is 661 g/mol. The molecule has 3 aliphatic rings. The van der Waals surface area contributed by atoms with Crippen molar-refractivity contribution in [1.29, 1.82) is 0 Å². The summed E-state index contributed by atoms with van der Waals surface area (Å²) in [5, 5.41) is 0. The number of rotatable bonds is 7. The molecule has 1 unspecified atom stereocenters. The highest BCUT2D eigenvalue weighted by Gasteiger charge is 2.44. The van der Waals surface area contributed by atoms with Gasteiger partial charge in [-0.1, -0.05) is 93.5 Å². The maximum absolute atomic E-state index is 13.7. The van der Waals surface area contributed by atoms with E-state index < -0.39 is 28.2 Å². The molecule has 8 nitrogen and oxygen atoms in total. The zero-order valence-electron chi connectivity index (χ0n) is 28.5. The van der Waals surface area contributed by atoms with Gasteiger partial charge in [-0.05, 0) is 57.8 Å². The van der Waals surface area contributed by atoms with Crippen molar-refractivity contribution in [3.8, 4) is 11.5 Å². The summed E-state index contributed by atoms with van der Waals surface area (Å²) in [4.78, 5) is 13.7. The Hall–Kier alpha value is -1.79. The zero-order chi connectivity index (χ0) is 33.0. The minimum atomic E-state index is -2.45. The van der Waals surface area contributed by atoms with Crippen LogP contribution in [0.5, 0.6) is 11.5 Å². The summed E-state index contributed by atoms with van der Waals surface area (Å²) < 4.78 is 46.5. The molecule has 45 heavy (non-hydrogen) atoms. The molecular formula is C35H50O8P2. The Morgan fingerprint density at radius 2 is 1.29 bits per heavy atom. The second-order valence-corrected chi connectivity index (χ2v) is 19.0. The normalized spacial score (nSPS) is 26.1. The number of hydrogen-bond donors (Lipinski definition) is 0. The van der Waals surface area contributed by atoms with Gasteiger partial charge in [-0.15, -0.1) is 0 Å². The highest BCUT2D eigenvalue weighted by molar-refractivity contribution is 7.42. The fourth-order valence-corrected chi connectivity index (χ4v) is 9.47. The Morgan fingerprint density at radius 3 is 1.82 bits per heavy atom. The van der Waals surface area contributed by atoms with Crippen molar-refractivity contribution in [1.82, 2.24) is 0 Å². The van der Waals surface area contributed by atoms with Gasteiger partial charge >= 0.3 is 22.8 Å². The monoisotopic (exact) mass is 660 g/mol. The summed E-state index contributed by atoms with van der Waals surface area (Å²) in [6.07, 6.45) is 1.94. The largest absolute Gasteiger partial charge is 0.426 e. The topological polar surface area (TPSA) is 89.5 Å². The third-order valence-corrected chi connectivity index (χ3v) is 10.5. The van der Waals surface area contributed by atoms with Crippen LogP contribution >= 0.6 is 16.9 Å². The molecule has 0 aromatic heterocycles. The van der Waals surface area contributed by atoms with Gasteiger partial charge in [0.1, 0.15) is 17.4 Å². The van der Waals surface area contributed by atoms with Gasteiger partial charge in [0.2, 0.25) is 0 Å². The molecule has 10 heteroatoms. The Morgan fingerprint density at radius 1 is 0.778 bits per heavy atom. The molecule has 0 N–H and O–H groups in total. The third kappa shape index (κ3) is 8.03. The molecule has 0 aliphatic carbocycles. The molecule has 2 aromatic rings. The molecule has 3 heterocycles. The molecular weight excluding hydrogens is 610 g/mol. The summed E-state index contributed by atoms with van der Waals surface area (Å²) in [5.41, 5.74) is 3.32. The Labute approximate surface area is 270 Å². The standard InChI is InChI=1S/C35H50O8P2/c1-31(2,3)17-33(7,8)23-11-13-27-25(15-23)29(30(36)42-27)26-16-24(34(9,10)18-32(4,5)6)12-14-28(26)43-45-40-21-35(22-41-45)19-38-44(37)39-20-35/h11-16,29,44H,17-22H2,1-10H3. The predicted molar refractivity (Wildman–Crippen MR) is 177 cm³/mol. The molecule has 0 saturated carbocycles. The van der Waals surface area contributed by atoms with Crippen LogP contribution in [-0.2, 0) is 38.3 Å². The number of fused-ring (bicyclic) bond motifs is 1. The lowest BCUT2D eigenvalue weighted by atomic mass is 9.71. The summed E-state index contributed by atoms with van der Waals surface area (Å²) in [5.74, 6) is 0.132. The number of benzene rings is 2. The fraction of sp³-hybridized carbons (Fsp3) is 0.629. The summed E-state index contributed by atoms with van der Waals surface area (Å²) in [6.45, 7) is 23.6. The van der Waals surface area contributed by atoms with E-state index in [1.807, 2.05) is 12.1 Å². The van der Waals surface area contributed by atoms with Gasteiger partial charge in [0.15, 0.2) is 0 Å². The highest BCUT2D eigenvalue weighted by Crippen LogP contribution is 2.53. The first-order valence-corrected chi connectivity index (χ1v) is 18.1. The first-order valence-electron chi connectivity index (χ1n) is 15.8. The second kappa shape index (κ2) is 12.3. The van der Waals surface area contributed by atoms with Crippen LogP contribution in [0.1, 0.15) is 110 Å². The van der Waals surface area contributed by atoms with Crippen LogP contribution in [0, 0.1) is 16.2 Å². The van der Waals surface area contributed by atoms with Crippen LogP contribution in [0.25, 0.3) is 0 Å². The van der Waals surface area contributed by atoms with Crippen molar-refractivity contribution in [3.63, 3.8) is 0 Å². The van der Waals surface area contributed by atoms with E-state index in [2.05, 4.69) is 93.5 Å². The second-order valence-electron chi connectivity index (χ2n) is 16.8. The molecule has 1 atom stereocenters. The number of carbonyl (C=O) groups excluding carboxylic acids is 1. The SMILES string of the molecule is CC(C)(C)CC(C)(C)c1ccc2c(c1)C(c1cc(C(C)(C)CC(C)(C)C)ccc1OP1OCC3(CO1)CO[PH](=O)OC3)C(=O)O2. The summed E-state index contributed by atoms with van der Waals surface area (Å²) in [7, 11) is -4.21. The number of hydrogen-bond acceptors (Lipinski definition) is 8. The molecule has 5 rings (SSSR count). The lowest BCUT2D eigenvalue weighted by molar-refractivity contribution is -0.133. The van der Waals surface area contributed by atoms with Gasteiger partial charge in [0.25, 0.3) is 0 Å². The Kier molecular flexibility index (Phi) is 9.47. The van der Waals surface area contributed by atoms with Crippen molar-refractivity contribution in [2.24, 2.45) is 16.2 Å². The van der Waals surface area contributed by atoms with Crippen LogP contribution in [0.15, 0.2) is 36.4 Å². The van der Waals surface area contributed by atoms with E-state index in [1.54, 1.807) is 0 Å². The van der Waals surface area contributed by atoms with Gasteiger partial charge in [-0.2, -0.15) is 0 Å². The lowest BCUT2D eigenvalue weighted by Gasteiger charge is -2.39. The Bertz CT molecular complexity index is 1430. The summed E-state index contributed by atoms with van der Waals surface area (Å²) >= 11 is 0. The minimum Gasteiger partial charge on any atom is -0.426 e. The van der Waals surface area contributed by atoms with Gasteiger partial charge in [0, 0.05) is 11.1 Å². The van der Waals surface area contributed by atoms with Crippen molar-refractivity contribution in [2.45, 2.75) is 98.8 Å². The minimum absolute atomic E-state index is 0.106. The first kappa shape index (κ1) is 34.5. The van der Waals surface area contributed by atoms with Crippen molar-refractivity contribution in [2.75, 3.05) is 26.4 Å². The molecule has 248 valence electrons. The van der Waals surface area contributed by atoms with Crippen LogP contribution in [-0.4, -0.2) is 32.4 Å². The van der Waals surface area contributed by atoms with Gasteiger partial charge in [0.05, 0.1) is 31.8 Å². The van der Waals surface area contributed by atoms with Crippen molar-refractivity contribution < 1.29 is 36.7 Å². The molecule has 0 bridgehead atoms. The maximum atomic E-state index is 13.7. The number of esters is 1. The zero-order valence-corrected chi connectivity index (χ0v) is 30.4. The average Bonchev–Trinajstić information content (AvgIpc) is 3.24. The van der Waals surface area contributed by atoms with Crippen LogP contribution < -0.4 is 9.26 Å². The molecule has 0 amide bonds. The number of ether oxygens (including phenoxy) is 1. The van der Waals surface area contributed by atoms with E-state index in [-0.39, 0.29) is 40.8 Å². The molecule has 0 radical (unpaired) electrons. The quantitative estimate of drug-likeness (QED) is 0.165. The van der Waals surface area contributed by atoms with Crippen molar-refractivity contribution >= 4 is 22.8 Å². The van der Waals surface area contributed by atoms with Crippen LogP contribution in [0.4, 0.5) is 0 Å². The lowest BCUT2D eigenvalue weighted by Crippen LogP contribution is -2.44. The number of carbonyl (C=O) groups is 1. The molecule has 2 aromatic carbocycles. The van der Waals surface area contributed by atoms with E-state index in [9.17, 15) is 9.36 Å². The predicted octanol–water partition coefficient (Wildman–Crippen LogP) is 9.24. The molecule has 2 fully saturated rings. The first-order chi connectivity index (χ1) is 20.8. The molecule has 1 spiro atoms. The van der Waals surface area contributed by atoms with E-state index in [1.165, 1.54) is 5.56 Å². The maximum Gasteiger partial charge on any atom is 0.397 e. The van der Waals surface area contributed by atoms with E-state index in [4.69, 9.17) is 27.4 Å². The van der Waals surface area contributed by atoms with Gasteiger partial charge in [-0.3, -0.25) is 9.36 Å². The molecule has 2 saturated heterocycles. The Balaban J connectivity index is 1.51. The third-order valence-electron chi connectivity index (χ3n) is 8.71. The fourth-order valence-electron chi connectivity index (χ4n) is 7.28. The van der Waals surface area contributed by atoms with E-state index >= 15 is 0 Å². The van der Waals surface area contributed by atoms with Gasteiger partial charge in [-0.25, -0.2) is 0 Å². The van der Waals surface area contributed by atoms with Crippen molar-refractivity contribution in [3.05, 3.63) is 58.7 Å². The van der Waals surface area contributed by atoms with Gasteiger partial charge < -0.3 is 27.4 Å². The highest BCUT2D eigenvalue weighted by atomic mass is 31.2.